The number of likely N-dealkylation sites (N-methyl/N-ethyl adjacent to an activating group) is 1. The Bertz CT molecular complexity index is 461. The SMILES string of the molecule is CCNc1cc(C(F)(F)F)cc(NC2CCN(C)C2)n1. The first-order valence-electron chi connectivity index (χ1n) is 6.66. The van der Waals surface area contributed by atoms with Crippen LogP contribution in [0.25, 0.3) is 0 Å². The number of nitrogens with zero attached hydrogens (tertiary/aromatic N) is 2. The lowest BCUT2D eigenvalue weighted by Gasteiger charge is -2.16. The molecule has 20 heavy (non-hydrogen) atoms. The first-order chi connectivity index (χ1) is 9.38. The van der Waals surface area contributed by atoms with E-state index in [1.165, 1.54) is 0 Å². The molecule has 1 aliphatic heterocycles. The van der Waals surface area contributed by atoms with Gasteiger partial charge in [0.1, 0.15) is 11.6 Å². The van der Waals surface area contributed by atoms with E-state index in [4.69, 9.17) is 0 Å². The minimum absolute atomic E-state index is 0.144. The molecular formula is C13H19F3N4. The van der Waals surface area contributed by atoms with E-state index in [0.29, 0.717) is 6.54 Å². The van der Waals surface area contributed by atoms with Crippen molar-refractivity contribution in [3.05, 3.63) is 17.7 Å². The van der Waals surface area contributed by atoms with Gasteiger partial charge in [0.2, 0.25) is 0 Å². The van der Waals surface area contributed by atoms with Crippen LogP contribution in [0.3, 0.4) is 0 Å². The van der Waals surface area contributed by atoms with E-state index in [1.807, 2.05) is 14.0 Å². The molecule has 0 saturated carbocycles. The van der Waals surface area contributed by atoms with Crippen LogP contribution in [0.5, 0.6) is 0 Å². The maximum Gasteiger partial charge on any atom is 0.416 e. The minimum atomic E-state index is -4.37. The van der Waals surface area contributed by atoms with Crippen LogP contribution >= 0.6 is 0 Å². The van der Waals surface area contributed by atoms with Crippen LogP contribution in [0.1, 0.15) is 18.9 Å². The van der Waals surface area contributed by atoms with Gasteiger partial charge in [0.05, 0.1) is 5.56 Å². The van der Waals surface area contributed by atoms with Crippen LogP contribution in [0.2, 0.25) is 0 Å². The number of halogens is 3. The second-order valence-electron chi connectivity index (χ2n) is 5.05. The highest BCUT2D eigenvalue weighted by Gasteiger charge is 2.32. The molecule has 0 radical (unpaired) electrons. The molecule has 1 fully saturated rings. The van der Waals surface area contributed by atoms with Gasteiger partial charge in [0.15, 0.2) is 0 Å². The van der Waals surface area contributed by atoms with Crippen molar-refractivity contribution in [2.45, 2.75) is 25.6 Å². The lowest BCUT2D eigenvalue weighted by molar-refractivity contribution is -0.137. The molecule has 1 atom stereocenters. The van der Waals surface area contributed by atoms with Crippen molar-refractivity contribution in [2.75, 3.05) is 37.3 Å². The smallest absolute Gasteiger partial charge is 0.370 e. The second-order valence-corrected chi connectivity index (χ2v) is 5.05. The predicted octanol–water partition coefficient (Wildman–Crippen LogP) is 2.65. The summed E-state index contributed by atoms with van der Waals surface area (Å²) in [6.07, 6.45) is -3.46. The first-order valence-corrected chi connectivity index (χ1v) is 6.66. The second kappa shape index (κ2) is 5.87. The zero-order chi connectivity index (χ0) is 14.8. The topological polar surface area (TPSA) is 40.2 Å². The molecule has 0 aliphatic carbocycles. The molecule has 2 heterocycles. The van der Waals surface area contributed by atoms with Crippen molar-refractivity contribution in [1.82, 2.24) is 9.88 Å². The number of hydrogen-bond donors (Lipinski definition) is 2. The van der Waals surface area contributed by atoms with Gasteiger partial charge >= 0.3 is 6.18 Å². The summed E-state index contributed by atoms with van der Waals surface area (Å²) >= 11 is 0. The van der Waals surface area contributed by atoms with E-state index in [9.17, 15) is 13.2 Å². The zero-order valence-corrected chi connectivity index (χ0v) is 11.6. The number of nitrogens with one attached hydrogen (secondary N) is 2. The molecule has 1 unspecified atom stereocenters. The number of aromatic nitrogens is 1. The van der Waals surface area contributed by atoms with Crippen LogP contribution in [0.15, 0.2) is 12.1 Å². The molecule has 2 N–H and O–H groups in total. The normalized spacial score (nSPS) is 20.1. The van der Waals surface area contributed by atoms with E-state index in [0.717, 1.165) is 31.6 Å². The van der Waals surface area contributed by atoms with E-state index in [1.54, 1.807) is 0 Å². The van der Waals surface area contributed by atoms with Gasteiger partial charge in [-0.1, -0.05) is 0 Å². The van der Waals surface area contributed by atoms with Gasteiger partial charge in [-0.3, -0.25) is 0 Å². The van der Waals surface area contributed by atoms with Gasteiger partial charge in [-0.05, 0) is 39.1 Å². The Morgan fingerprint density at radius 3 is 2.60 bits per heavy atom. The van der Waals surface area contributed by atoms with Crippen molar-refractivity contribution in [3.63, 3.8) is 0 Å². The van der Waals surface area contributed by atoms with Gasteiger partial charge in [-0.25, -0.2) is 4.98 Å². The van der Waals surface area contributed by atoms with Gasteiger partial charge < -0.3 is 15.5 Å². The molecule has 112 valence electrons. The quantitative estimate of drug-likeness (QED) is 0.893. The van der Waals surface area contributed by atoms with Crippen LogP contribution in [0.4, 0.5) is 24.8 Å². The maximum absolute atomic E-state index is 12.9. The molecule has 4 nitrogen and oxygen atoms in total. The number of likely N-dealkylation sites (tertiary alicyclic amines) is 1. The maximum atomic E-state index is 12.9. The monoisotopic (exact) mass is 288 g/mol. The van der Waals surface area contributed by atoms with Crippen LogP contribution < -0.4 is 10.6 Å². The van der Waals surface area contributed by atoms with Gasteiger partial charge in [0.25, 0.3) is 0 Å². The largest absolute Gasteiger partial charge is 0.416 e. The highest BCUT2D eigenvalue weighted by molar-refractivity contribution is 5.50. The molecule has 7 heteroatoms. The van der Waals surface area contributed by atoms with Crippen molar-refractivity contribution in [3.8, 4) is 0 Å². The van der Waals surface area contributed by atoms with E-state index in [2.05, 4.69) is 20.5 Å². The standard InChI is InChI=1S/C13H19F3N4/c1-3-17-11-6-9(13(14,15)16)7-12(19-11)18-10-4-5-20(2)8-10/h6-7,10H,3-5,8H2,1-2H3,(H2,17,18,19). The van der Waals surface area contributed by atoms with E-state index < -0.39 is 11.7 Å². The summed E-state index contributed by atoms with van der Waals surface area (Å²) in [6.45, 7) is 4.10. The summed E-state index contributed by atoms with van der Waals surface area (Å²) in [5.74, 6) is 0.521. The molecule has 0 amide bonds. The highest BCUT2D eigenvalue weighted by atomic mass is 19.4. The summed E-state index contributed by atoms with van der Waals surface area (Å²) in [4.78, 5) is 6.32. The Kier molecular flexibility index (Phi) is 4.37. The van der Waals surface area contributed by atoms with Crippen LogP contribution in [0, 0.1) is 0 Å². The molecule has 1 saturated heterocycles. The highest BCUT2D eigenvalue weighted by Crippen LogP contribution is 2.32. The Labute approximate surface area is 116 Å². The van der Waals surface area contributed by atoms with Crippen molar-refractivity contribution in [2.24, 2.45) is 0 Å². The average molecular weight is 288 g/mol. The summed E-state index contributed by atoms with van der Waals surface area (Å²) in [5, 5.41) is 5.92. The molecule has 1 aromatic heterocycles. The fraction of sp³-hybridized carbons (Fsp3) is 0.615. The minimum Gasteiger partial charge on any atom is -0.370 e. The third kappa shape index (κ3) is 3.75. The van der Waals surface area contributed by atoms with Crippen molar-refractivity contribution < 1.29 is 13.2 Å². The molecule has 1 aliphatic rings. The van der Waals surface area contributed by atoms with E-state index >= 15 is 0 Å². The fourth-order valence-electron chi connectivity index (χ4n) is 2.30. The number of anilines is 2. The molecular weight excluding hydrogens is 269 g/mol. The van der Waals surface area contributed by atoms with Gasteiger partial charge in [0, 0.05) is 19.1 Å². The summed E-state index contributed by atoms with van der Waals surface area (Å²) in [6, 6.07) is 2.25. The molecule has 1 aromatic rings. The third-order valence-corrected chi connectivity index (χ3v) is 3.25. The lowest BCUT2D eigenvalue weighted by atomic mass is 10.2. The first kappa shape index (κ1) is 14.9. The predicted molar refractivity (Wildman–Crippen MR) is 72.9 cm³/mol. The van der Waals surface area contributed by atoms with E-state index in [-0.39, 0.29) is 17.7 Å². The van der Waals surface area contributed by atoms with Gasteiger partial charge in [-0.15, -0.1) is 0 Å². The Morgan fingerprint density at radius 2 is 2.05 bits per heavy atom. The molecule has 0 aromatic carbocycles. The number of pyridine rings is 1. The Balaban J connectivity index is 2.20. The fourth-order valence-corrected chi connectivity index (χ4v) is 2.30. The third-order valence-electron chi connectivity index (χ3n) is 3.25. The van der Waals surface area contributed by atoms with Crippen molar-refractivity contribution in [1.29, 1.82) is 0 Å². The Morgan fingerprint density at radius 1 is 1.35 bits per heavy atom. The molecule has 0 bridgehead atoms. The number of hydrogen-bond acceptors (Lipinski definition) is 4. The zero-order valence-electron chi connectivity index (χ0n) is 11.6. The number of alkyl halides is 3. The molecule has 0 spiro atoms. The summed E-state index contributed by atoms with van der Waals surface area (Å²) in [7, 11) is 1.99. The Hall–Kier alpha value is -1.50. The van der Waals surface area contributed by atoms with Gasteiger partial charge in [-0.2, -0.15) is 13.2 Å². The molecule has 2 rings (SSSR count). The lowest BCUT2D eigenvalue weighted by Crippen LogP contribution is -2.24. The van der Waals surface area contributed by atoms with Crippen LogP contribution in [-0.2, 0) is 6.18 Å². The number of rotatable bonds is 4. The average Bonchev–Trinajstić information content (AvgIpc) is 2.74. The van der Waals surface area contributed by atoms with Crippen LogP contribution in [-0.4, -0.2) is 42.6 Å². The summed E-state index contributed by atoms with van der Waals surface area (Å²) in [5.41, 5.74) is -0.683. The summed E-state index contributed by atoms with van der Waals surface area (Å²) < 4.78 is 38.6. The van der Waals surface area contributed by atoms with Crippen molar-refractivity contribution >= 4 is 11.6 Å².